The van der Waals surface area contributed by atoms with Gasteiger partial charge < -0.3 is 28.8 Å². The molecule has 0 fully saturated rings. The molecule has 10 nitrogen and oxygen atoms in total. The molecule has 0 spiro atoms. The summed E-state index contributed by atoms with van der Waals surface area (Å²) in [6.45, 7) is 6.27. The second-order valence-electron chi connectivity index (χ2n) is 8.99. The van der Waals surface area contributed by atoms with E-state index in [2.05, 4.69) is 20.3 Å². The summed E-state index contributed by atoms with van der Waals surface area (Å²) < 4.78 is 26.8. The monoisotopic (exact) mass is 511 g/mol. The molecule has 190 valence electrons. The first-order chi connectivity index (χ1) is 17.2. The number of fused-ring (bicyclic) bond motifs is 1. The summed E-state index contributed by atoms with van der Waals surface area (Å²) in [4.78, 5) is 12.8. The van der Waals surface area contributed by atoms with Gasteiger partial charge in [0.25, 0.3) is 0 Å². The third kappa shape index (κ3) is 6.42. The van der Waals surface area contributed by atoms with E-state index in [9.17, 15) is 4.79 Å². The van der Waals surface area contributed by atoms with Crippen LogP contribution in [0.2, 0.25) is 0 Å². The van der Waals surface area contributed by atoms with Crippen LogP contribution in [0, 0.1) is 0 Å². The van der Waals surface area contributed by atoms with Gasteiger partial charge in [0, 0.05) is 23.2 Å². The Morgan fingerprint density at radius 3 is 2.72 bits per heavy atom. The van der Waals surface area contributed by atoms with Crippen LogP contribution in [-0.2, 0) is 17.8 Å². The summed E-state index contributed by atoms with van der Waals surface area (Å²) in [5.74, 6) is 1.98. The molecule has 0 radical (unpaired) electrons. The van der Waals surface area contributed by atoms with E-state index in [1.807, 2.05) is 63.4 Å². The topological polar surface area (TPSA) is 113 Å². The van der Waals surface area contributed by atoms with Crippen molar-refractivity contribution in [2.75, 3.05) is 18.9 Å². The van der Waals surface area contributed by atoms with E-state index in [0.29, 0.717) is 30.2 Å². The Kier molecular flexibility index (Phi) is 7.58. The molecule has 11 heteroatoms. The maximum absolute atomic E-state index is 11.9. The molecular formula is C25H29N5O5S. The molecule has 4 rings (SSSR count). The molecule has 2 heterocycles. The van der Waals surface area contributed by atoms with E-state index < -0.39 is 11.7 Å². The Morgan fingerprint density at radius 1 is 1.14 bits per heavy atom. The average Bonchev–Trinajstić information content (AvgIpc) is 3.46. The van der Waals surface area contributed by atoms with Gasteiger partial charge in [-0.25, -0.2) is 4.79 Å². The average molecular weight is 512 g/mol. The number of hydrogen-bond acceptors (Lipinski definition) is 9. The van der Waals surface area contributed by atoms with Gasteiger partial charge in [0.1, 0.15) is 22.5 Å². The number of rotatable bonds is 9. The molecule has 2 aromatic carbocycles. The molecule has 0 bridgehead atoms. The summed E-state index contributed by atoms with van der Waals surface area (Å²) in [5, 5.41) is 12.1. The summed E-state index contributed by atoms with van der Waals surface area (Å²) in [6, 6.07) is 11.6. The van der Waals surface area contributed by atoms with Gasteiger partial charge in [-0.2, -0.15) is 5.10 Å². The van der Waals surface area contributed by atoms with Gasteiger partial charge in [-0.05, 0) is 68.6 Å². The summed E-state index contributed by atoms with van der Waals surface area (Å²) in [6.07, 6.45) is 3.11. The maximum Gasteiger partial charge on any atom is 0.407 e. The number of benzene rings is 2. The Labute approximate surface area is 213 Å². The van der Waals surface area contributed by atoms with E-state index in [0.717, 1.165) is 27.2 Å². The maximum atomic E-state index is 11.9. The minimum absolute atomic E-state index is 0.319. The van der Waals surface area contributed by atoms with Crippen molar-refractivity contribution in [2.24, 2.45) is 0 Å². The molecule has 0 aliphatic heterocycles. The van der Waals surface area contributed by atoms with Crippen LogP contribution in [0.15, 0.2) is 58.2 Å². The summed E-state index contributed by atoms with van der Waals surface area (Å²) in [7, 11) is 3.24. The smallest absolute Gasteiger partial charge is 0.407 e. The number of ether oxygens (including phenoxy) is 3. The van der Waals surface area contributed by atoms with Gasteiger partial charge >= 0.3 is 6.09 Å². The van der Waals surface area contributed by atoms with Gasteiger partial charge in [0.05, 0.1) is 27.0 Å². The van der Waals surface area contributed by atoms with Crippen LogP contribution < -0.4 is 19.5 Å². The molecular weight excluding hydrogens is 482 g/mol. The van der Waals surface area contributed by atoms with Crippen molar-refractivity contribution in [3.05, 3.63) is 59.9 Å². The van der Waals surface area contributed by atoms with Gasteiger partial charge in [0.15, 0.2) is 11.4 Å². The number of carbonyl (C=O) groups excluding carboxylic acids is 1. The van der Waals surface area contributed by atoms with Crippen LogP contribution in [0.1, 0.15) is 31.9 Å². The lowest BCUT2D eigenvalue weighted by Gasteiger charge is -2.19. The van der Waals surface area contributed by atoms with Crippen molar-refractivity contribution in [1.82, 2.24) is 20.3 Å². The quantitative estimate of drug-likeness (QED) is 0.292. The van der Waals surface area contributed by atoms with Crippen LogP contribution in [0.25, 0.3) is 11.0 Å². The number of aromatic nitrogens is 3. The number of anilines is 1. The van der Waals surface area contributed by atoms with E-state index in [-0.39, 0.29) is 0 Å². The van der Waals surface area contributed by atoms with Gasteiger partial charge in [-0.3, -0.25) is 4.68 Å². The van der Waals surface area contributed by atoms with Gasteiger partial charge in [-0.1, -0.05) is 11.2 Å². The lowest BCUT2D eigenvalue weighted by molar-refractivity contribution is 0.0523. The summed E-state index contributed by atoms with van der Waals surface area (Å²) in [5.41, 5.74) is 1.83. The second-order valence-corrected chi connectivity index (χ2v) is 9.87. The highest BCUT2D eigenvalue weighted by molar-refractivity contribution is 8.00. The predicted octanol–water partition coefficient (Wildman–Crippen LogP) is 5.23. The van der Waals surface area contributed by atoms with Crippen molar-refractivity contribution in [1.29, 1.82) is 0 Å². The van der Waals surface area contributed by atoms with Crippen molar-refractivity contribution >= 4 is 34.8 Å². The molecule has 36 heavy (non-hydrogen) atoms. The minimum Gasteiger partial charge on any atom is -0.497 e. The third-order valence-corrected chi connectivity index (χ3v) is 5.78. The molecule has 2 N–H and O–H groups in total. The highest BCUT2D eigenvalue weighted by Gasteiger charge is 2.17. The van der Waals surface area contributed by atoms with Gasteiger partial charge in [0.2, 0.25) is 0 Å². The normalized spacial score (nSPS) is 11.4. The predicted molar refractivity (Wildman–Crippen MR) is 137 cm³/mol. The molecule has 0 saturated carbocycles. The standard InChI is InChI=1S/C25H29N5O5S/c1-25(2,3)34-24(31)26-12-17-13-27-30(15-17)14-16-9-20(33-5)22-21(10-16)35-28-23(22)29-36-19-8-6-7-18(11-19)32-4/h6-11,13,15H,12,14H2,1-5H3,(H,26,31)(H,28,29). The van der Waals surface area contributed by atoms with E-state index in [4.69, 9.17) is 18.7 Å². The Balaban J connectivity index is 1.43. The molecule has 1 amide bonds. The Hall–Kier alpha value is -3.86. The van der Waals surface area contributed by atoms with Gasteiger partial charge in [-0.15, -0.1) is 0 Å². The molecule has 0 saturated heterocycles. The zero-order valence-corrected chi connectivity index (χ0v) is 21.6. The van der Waals surface area contributed by atoms with E-state index in [1.54, 1.807) is 25.1 Å². The van der Waals surface area contributed by atoms with Crippen LogP contribution in [-0.4, -0.2) is 40.9 Å². The number of hydrogen-bond donors (Lipinski definition) is 2. The number of carbonyl (C=O) groups is 1. The van der Waals surface area contributed by atoms with E-state index in [1.165, 1.54) is 11.9 Å². The molecule has 0 aliphatic rings. The fraction of sp³-hybridized carbons (Fsp3) is 0.320. The van der Waals surface area contributed by atoms with Crippen LogP contribution in [0.4, 0.5) is 10.6 Å². The largest absolute Gasteiger partial charge is 0.497 e. The number of alkyl carbamates (subject to hydrolysis) is 1. The Bertz CT molecular complexity index is 1340. The number of amides is 1. The van der Waals surface area contributed by atoms with Crippen molar-refractivity contribution in [2.45, 2.75) is 44.4 Å². The molecule has 0 atom stereocenters. The van der Waals surface area contributed by atoms with Crippen molar-refractivity contribution < 1.29 is 23.5 Å². The first kappa shape index (κ1) is 25.2. The van der Waals surface area contributed by atoms with Crippen LogP contribution in [0.5, 0.6) is 11.5 Å². The first-order valence-electron chi connectivity index (χ1n) is 11.3. The second kappa shape index (κ2) is 10.8. The fourth-order valence-electron chi connectivity index (χ4n) is 3.44. The first-order valence-corrected chi connectivity index (χ1v) is 12.1. The number of nitrogens with zero attached hydrogens (tertiary/aromatic N) is 3. The molecule has 4 aromatic rings. The van der Waals surface area contributed by atoms with Crippen molar-refractivity contribution in [3.8, 4) is 11.5 Å². The van der Waals surface area contributed by atoms with Crippen LogP contribution in [0.3, 0.4) is 0 Å². The molecule has 0 unspecified atom stereocenters. The Morgan fingerprint density at radius 2 is 1.97 bits per heavy atom. The SMILES string of the molecule is COc1cccc(SNc2noc3cc(Cn4cc(CNC(=O)OC(C)(C)C)cn4)cc(OC)c23)c1. The summed E-state index contributed by atoms with van der Waals surface area (Å²) >= 11 is 1.40. The van der Waals surface area contributed by atoms with E-state index >= 15 is 0 Å². The number of nitrogens with one attached hydrogen (secondary N) is 2. The highest BCUT2D eigenvalue weighted by Crippen LogP contribution is 2.36. The lowest BCUT2D eigenvalue weighted by atomic mass is 10.1. The fourth-order valence-corrected chi connectivity index (χ4v) is 4.12. The molecule has 0 aliphatic carbocycles. The molecule has 2 aromatic heterocycles. The van der Waals surface area contributed by atoms with Crippen molar-refractivity contribution in [3.63, 3.8) is 0 Å². The zero-order valence-electron chi connectivity index (χ0n) is 20.8. The zero-order chi connectivity index (χ0) is 25.7. The lowest BCUT2D eigenvalue weighted by Crippen LogP contribution is -2.32. The third-order valence-electron chi connectivity index (χ3n) is 4.99. The minimum atomic E-state index is -0.546. The number of methoxy groups -OCH3 is 2. The highest BCUT2D eigenvalue weighted by atomic mass is 32.2. The van der Waals surface area contributed by atoms with Crippen LogP contribution >= 0.6 is 11.9 Å².